The molecule has 0 bridgehead atoms. The van der Waals surface area contributed by atoms with Gasteiger partial charge in [-0.25, -0.2) is 4.79 Å². The summed E-state index contributed by atoms with van der Waals surface area (Å²) >= 11 is 0. The Morgan fingerprint density at radius 3 is 2.53 bits per heavy atom. The molecule has 0 aliphatic carbocycles. The molecule has 1 saturated heterocycles. The van der Waals surface area contributed by atoms with Gasteiger partial charge in [0.05, 0.1) is 0 Å². The van der Waals surface area contributed by atoms with Crippen LogP contribution in [0.15, 0.2) is 0 Å². The number of rotatable bonds is 3. The highest BCUT2D eigenvalue weighted by molar-refractivity contribution is 5.75. The minimum atomic E-state index is -0.454. The molecule has 0 spiro atoms. The van der Waals surface area contributed by atoms with Crippen LogP contribution in [0.1, 0.15) is 53.4 Å². The summed E-state index contributed by atoms with van der Waals surface area (Å²) in [7, 11) is 0. The van der Waals surface area contributed by atoms with Crippen LogP contribution in [0, 0.1) is 0 Å². The number of Topliss-reactive ketones (excluding diaryl/α,β-unsaturated/α-hetero) is 1. The summed E-state index contributed by atoms with van der Waals surface area (Å²) in [6.45, 7) is 7.94. The maximum atomic E-state index is 11.9. The number of ether oxygens (including phenoxy) is 1. The van der Waals surface area contributed by atoms with Gasteiger partial charge in [-0.05, 0) is 47.0 Å². The molecule has 0 saturated carbocycles. The fraction of sp³-hybridized carbons (Fsp3) is 0.846. The first-order valence-corrected chi connectivity index (χ1v) is 6.28. The van der Waals surface area contributed by atoms with Crippen molar-refractivity contribution in [3.63, 3.8) is 0 Å². The second kappa shape index (κ2) is 5.52. The SMILES string of the molecule is CC(=O)CC[C@@H]1CCCN1C(=O)OC(C)(C)C. The Labute approximate surface area is 103 Å². The highest BCUT2D eigenvalue weighted by Gasteiger charge is 2.31. The van der Waals surface area contributed by atoms with Gasteiger partial charge < -0.3 is 14.4 Å². The van der Waals surface area contributed by atoms with Crippen LogP contribution in [-0.4, -0.2) is 35.0 Å². The van der Waals surface area contributed by atoms with Crippen LogP contribution in [0.4, 0.5) is 4.79 Å². The highest BCUT2D eigenvalue weighted by Crippen LogP contribution is 2.23. The van der Waals surface area contributed by atoms with E-state index < -0.39 is 5.60 Å². The molecule has 0 aromatic carbocycles. The van der Waals surface area contributed by atoms with Gasteiger partial charge in [-0.1, -0.05) is 0 Å². The largest absolute Gasteiger partial charge is 0.444 e. The maximum Gasteiger partial charge on any atom is 0.410 e. The Kier molecular flexibility index (Phi) is 4.54. The molecule has 0 unspecified atom stereocenters. The summed E-state index contributed by atoms with van der Waals surface area (Å²) in [6, 6.07) is 0.175. The minimum absolute atomic E-state index is 0.175. The zero-order valence-electron chi connectivity index (χ0n) is 11.3. The van der Waals surface area contributed by atoms with Gasteiger partial charge in [0.2, 0.25) is 0 Å². The van der Waals surface area contributed by atoms with Crippen molar-refractivity contribution in [2.75, 3.05) is 6.54 Å². The summed E-state index contributed by atoms with van der Waals surface area (Å²) in [6.07, 6.45) is 3.04. The van der Waals surface area contributed by atoms with Gasteiger partial charge in [0, 0.05) is 19.0 Å². The van der Waals surface area contributed by atoms with Crippen molar-refractivity contribution in [3.05, 3.63) is 0 Å². The summed E-state index contributed by atoms with van der Waals surface area (Å²) in [4.78, 5) is 24.7. The second-order valence-corrected chi connectivity index (χ2v) is 5.71. The molecule has 1 aliphatic rings. The molecular weight excluding hydrogens is 218 g/mol. The Balaban J connectivity index is 2.51. The number of hydrogen-bond donors (Lipinski definition) is 0. The predicted octanol–water partition coefficient (Wildman–Crippen LogP) is 2.76. The van der Waals surface area contributed by atoms with Crippen molar-refractivity contribution >= 4 is 11.9 Å². The van der Waals surface area contributed by atoms with Crippen molar-refractivity contribution < 1.29 is 14.3 Å². The first kappa shape index (κ1) is 14.0. The van der Waals surface area contributed by atoms with Gasteiger partial charge in [-0.15, -0.1) is 0 Å². The van der Waals surface area contributed by atoms with Crippen LogP contribution < -0.4 is 0 Å². The van der Waals surface area contributed by atoms with Crippen LogP contribution in [0.25, 0.3) is 0 Å². The zero-order valence-corrected chi connectivity index (χ0v) is 11.3. The Bertz CT molecular complexity index is 294. The standard InChI is InChI=1S/C13H23NO3/c1-10(15)7-8-11-6-5-9-14(11)12(16)17-13(2,3)4/h11H,5-9H2,1-4H3/t11-/m0/s1. The van der Waals surface area contributed by atoms with Gasteiger partial charge in [-0.3, -0.25) is 0 Å². The fourth-order valence-electron chi connectivity index (χ4n) is 2.07. The number of carbonyl (C=O) groups excluding carboxylic acids is 2. The van der Waals surface area contributed by atoms with E-state index in [9.17, 15) is 9.59 Å². The average Bonchev–Trinajstić information content (AvgIpc) is 2.59. The Morgan fingerprint density at radius 2 is 2.00 bits per heavy atom. The van der Waals surface area contributed by atoms with Crippen molar-refractivity contribution in [3.8, 4) is 0 Å². The van der Waals surface area contributed by atoms with E-state index in [2.05, 4.69) is 0 Å². The third kappa shape index (κ3) is 4.75. The van der Waals surface area contributed by atoms with Crippen molar-refractivity contribution in [1.82, 2.24) is 4.90 Å². The van der Waals surface area contributed by atoms with E-state index >= 15 is 0 Å². The van der Waals surface area contributed by atoms with E-state index in [0.29, 0.717) is 6.42 Å². The third-order valence-corrected chi connectivity index (χ3v) is 2.83. The number of ketones is 1. The van der Waals surface area contributed by atoms with Crippen molar-refractivity contribution in [2.24, 2.45) is 0 Å². The number of hydrogen-bond acceptors (Lipinski definition) is 3. The maximum absolute atomic E-state index is 11.9. The number of carbonyl (C=O) groups is 2. The molecule has 0 aromatic heterocycles. The molecular formula is C13H23NO3. The van der Waals surface area contributed by atoms with Crippen LogP contribution >= 0.6 is 0 Å². The quantitative estimate of drug-likeness (QED) is 0.763. The molecule has 4 nitrogen and oxygen atoms in total. The van der Waals surface area contributed by atoms with E-state index in [1.165, 1.54) is 0 Å². The number of amides is 1. The lowest BCUT2D eigenvalue weighted by molar-refractivity contribution is -0.117. The summed E-state index contributed by atoms with van der Waals surface area (Å²) in [5.41, 5.74) is -0.454. The Morgan fingerprint density at radius 1 is 1.35 bits per heavy atom. The molecule has 98 valence electrons. The van der Waals surface area contributed by atoms with Crippen LogP contribution in [0.2, 0.25) is 0 Å². The minimum Gasteiger partial charge on any atom is -0.444 e. The summed E-state index contributed by atoms with van der Waals surface area (Å²) in [5, 5.41) is 0. The monoisotopic (exact) mass is 241 g/mol. The molecule has 0 N–H and O–H groups in total. The van der Waals surface area contributed by atoms with Crippen LogP contribution in [0.5, 0.6) is 0 Å². The lowest BCUT2D eigenvalue weighted by atomic mass is 10.1. The second-order valence-electron chi connectivity index (χ2n) is 5.71. The lowest BCUT2D eigenvalue weighted by Crippen LogP contribution is -2.39. The van der Waals surface area contributed by atoms with Crippen molar-refractivity contribution in [1.29, 1.82) is 0 Å². The Hall–Kier alpha value is -1.06. The van der Waals surface area contributed by atoms with E-state index in [1.807, 2.05) is 20.8 Å². The van der Waals surface area contributed by atoms with Gasteiger partial charge in [0.15, 0.2) is 0 Å². The smallest absolute Gasteiger partial charge is 0.410 e. The molecule has 1 atom stereocenters. The van der Waals surface area contributed by atoms with Crippen LogP contribution in [0.3, 0.4) is 0 Å². The van der Waals surface area contributed by atoms with E-state index in [1.54, 1.807) is 11.8 Å². The summed E-state index contributed by atoms with van der Waals surface area (Å²) in [5.74, 6) is 0.182. The fourth-order valence-corrected chi connectivity index (χ4v) is 2.07. The first-order chi connectivity index (χ1) is 7.79. The van der Waals surface area contributed by atoms with E-state index in [-0.39, 0.29) is 17.9 Å². The van der Waals surface area contributed by atoms with Crippen LogP contribution in [-0.2, 0) is 9.53 Å². The molecule has 0 radical (unpaired) electrons. The normalized spacial score (nSPS) is 20.5. The number of nitrogens with zero attached hydrogens (tertiary/aromatic N) is 1. The van der Waals surface area contributed by atoms with E-state index in [4.69, 9.17) is 4.74 Å². The molecule has 1 amide bonds. The van der Waals surface area contributed by atoms with Crippen molar-refractivity contribution in [2.45, 2.75) is 65.0 Å². The molecule has 1 heterocycles. The van der Waals surface area contributed by atoms with Gasteiger partial charge >= 0.3 is 6.09 Å². The highest BCUT2D eigenvalue weighted by atomic mass is 16.6. The zero-order chi connectivity index (χ0) is 13.1. The average molecular weight is 241 g/mol. The van der Waals surface area contributed by atoms with E-state index in [0.717, 1.165) is 25.8 Å². The molecule has 4 heteroatoms. The topological polar surface area (TPSA) is 46.6 Å². The predicted molar refractivity (Wildman–Crippen MR) is 65.9 cm³/mol. The lowest BCUT2D eigenvalue weighted by Gasteiger charge is -2.28. The molecule has 1 fully saturated rings. The summed E-state index contributed by atoms with van der Waals surface area (Å²) < 4.78 is 5.36. The van der Waals surface area contributed by atoms with Gasteiger partial charge in [-0.2, -0.15) is 0 Å². The third-order valence-electron chi connectivity index (χ3n) is 2.83. The molecule has 0 aromatic rings. The number of likely N-dealkylation sites (tertiary alicyclic amines) is 1. The van der Waals surface area contributed by atoms with Gasteiger partial charge in [0.25, 0.3) is 0 Å². The molecule has 1 aliphatic heterocycles. The molecule has 17 heavy (non-hydrogen) atoms. The first-order valence-electron chi connectivity index (χ1n) is 6.28. The molecule has 1 rings (SSSR count). The van der Waals surface area contributed by atoms with Gasteiger partial charge in [0.1, 0.15) is 11.4 Å².